The van der Waals surface area contributed by atoms with Gasteiger partial charge in [-0.3, -0.25) is 0 Å². The summed E-state index contributed by atoms with van der Waals surface area (Å²) in [6.45, 7) is 2.22. The third-order valence-electron chi connectivity index (χ3n) is 3.70. The van der Waals surface area contributed by atoms with Crippen molar-refractivity contribution in [1.29, 1.82) is 0 Å². The molecule has 0 aromatic heterocycles. The number of thioether (sulfide) groups is 1. The Balaban J connectivity index is 2.06. The molecule has 1 aromatic rings. The number of hydrogen-bond donors (Lipinski definition) is 2. The van der Waals surface area contributed by atoms with Gasteiger partial charge in [0, 0.05) is 23.4 Å². The van der Waals surface area contributed by atoms with E-state index < -0.39 is 0 Å². The van der Waals surface area contributed by atoms with Crippen molar-refractivity contribution in [1.82, 2.24) is 0 Å². The zero-order valence-corrected chi connectivity index (χ0v) is 13.3. The Morgan fingerprint density at radius 3 is 2.60 bits per heavy atom. The van der Waals surface area contributed by atoms with Crippen LogP contribution < -0.4 is 20.5 Å². The highest BCUT2D eigenvalue weighted by atomic mass is 32.2. The fraction of sp³-hybridized carbons (Fsp3) is 0.600. The summed E-state index contributed by atoms with van der Waals surface area (Å²) in [5.74, 6) is 2.57. The number of hydrogen-bond acceptors (Lipinski definition) is 5. The predicted octanol–water partition coefficient (Wildman–Crippen LogP) is 3.37. The van der Waals surface area contributed by atoms with Crippen LogP contribution >= 0.6 is 11.8 Å². The minimum Gasteiger partial charge on any atom is -0.493 e. The quantitative estimate of drug-likeness (QED) is 0.788. The SMILES string of the molecule is CCSC1CCC(Nc2cc(OC)c(OC)cc2N)C1. The van der Waals surface area contributed by atoms with Crippen LogP contribution in [0.15, 0.2) is 12.1 Å². The average molecular weight is 296 g/mol. The third kappa shape index (κ3) is 3.45. The van der Waals surface area contributed by atoms with Crippen molar-refractivity contribution in [2.45, 2.75) is 37.5 Å². The lowest BCUT2D eigenvalue weighted by Gasteiger charge is -2.18. The molecule has 0 radical (unpaired) electrons. The molecule has 1 aliphatic carbocycles. The zero-order valence-electron chi connectivity index (χ0n) is 12.4. The smallest absolute Gasteiger partial charge is 0.162 e. The lowest BCUT2D eigenvalue weighted by Crippen LogP contribution is -2.17. The summed E-state index contributed by atoms with van der Waals surface area (Å²) < 4.78 is 10.6. The van der Waals surface area contributed by atoms with E-state index in [2.05, 4.69) is 24.0 Å². The topological polar surface area (TPSA) is 56.5 Å². The first-order valence-corrected chi connectivity index (χ1v) is 8.12. The van der Waals surface area contributed by atoms with E-state index >= 15 is 0 Å². The molecule has 0 spiro atoms. The fourth-order valence-corrected chi connectivity index (χ4v) is 3.84. The second-order valence-corrected chi connectivity index (χ2v) is 6.60. The first-order chi connectivity index (χ1) is 9.67. The van der Waals surface area contributed by atoms with E-state index in [0.717, 1.165) is 10.9 Å². The summed E-state index contributed by atoms with van der Waals surface area (Å²) in [7, 11) is 3.26. The highest BCUT2D eigenvalue weighted by Gasteiger charge is 2.25. The molecule has 0 heterocycles. The predicted molar refractivity (Wildman–Crippen MR) is 87.1 cm³/mol. The van der Waals surface area contributed by atoms with Crippen LogP contribution in [0.2, 0.25) is 0 Å². The molecule has 20 heavy (non-hydrogen) atoms. The summed E-state index contributed by atoms with van der Waals surface area (Å²) in [6, 6.07) is 4.24. The summed E-state index contributed by atoms with van der Waals surface area (Å²) >= 11 is 2.06. The summed E-state index contributed by atoms with van der Waals surface area (Å²) in [6.07, 6.45) is 3.68. The number of anilines is 2. The number of nitrogens with one attached hydrogen (secondary N) is 1. The first kappa shape index (κ1) is 15.2. The average Bonchev–Trinajstić information content (AvgIpc) is 2.88. The van der Waals surface area contributed by atoms with E-state index in [1.807, 2.05) is 12.1 Å². The minimum atomic E-state index is 0.499. The van der Waals surface area contributed by atoms with E-state index in [1.165, 1.54) is 25.0 Å². The lowest BCUT2D eigenvalue weighted by molar-refractivity contribution is 0.355. The van der Waals surface area contributed by atoms with Crippen LogP contribution in [0, 0.1) is 0 Å². The monoisotopic (exact) mass is 296 g/mol. The van der Waals surface area contributed by atoms with Crippen LogP contribution in [-0.2, 0) is 0 Å². The highest BCUT2D eigenvalue weighted by Crippen LogP contribution is 2.37. The fourth-order valence-electron chi connectivity index (χ4n) is 2.70. The van der Waals surface area contributed by atoms with Gasteiger partial charge in [-0.2, -0.15) is 11.8 Å². The molecule has 2 atom stereocenters. The second kappa shape index (κ2) is 6.97. The van der Waals surface area contributed by atoms with Crippen molar-refractivity contribution in [3.8, 4) is 11.5 Å². The Morgan fingerprint density at radius 2 is 1.95 bits per heavy atom. The molecule has 4 nitrogen and oxygen atoms in total. The molecule has 0 bridgehead atoms. The molecule has 1 aromatic carbocycles. The molecule has 1 saturated carbocycles. The lowest BCUT2D eigenvalue weighted by atomic mass is 10.2. The first-order valence-electron chi connectivity index (χ1n) is 7.07. The standard InChI is InChI=1S/C15H24N2O2S/c1-4-20-11-6-5-10(7-11)17-13-9-15(19-3)14(18-2)8-12(13)16/h8-11,17H,4-7,16H2,1-3H3. The summed E-state index contributed by atoms with van der Waals surface area (Å²) in [5.41, 5.74) is 7.73. The molecule has 0 aliphatic heterocycles. The Morgan fingerprint density at radius 1 is 1.25 bits per heavy atom. The normalized spacial score (nSPS) is 21.8. The van der Waals surface area contributed by atoms with E-state index in [-0.39, 0.29) is 0 Å². The molecule has 2 rings (SSSR count). The number of benzene rings is 1. The van der Waals surface area contributed by atoms with Crippen LogP contribution in [0.4, 0.5) is 11.4 Å². The van der Waals surface area contributed by atoms with Gasteiger partial charge in [0.2, 0.25) is 0 Å². The maximum atomic E-state index is 6.09. The number of methoxy groups -OCH3 is 2. The van der Waals surface area contributed by atoms with Crippen LogP contribution in [0.3, 0.4) is 0 Å². The summed E-state index contributed by atoms with van der Waals surface area (Å²) in [4.78, 5) is 0. The summed E-state index contributed by atoms with van der Waals surface area (Å²) in [5, 5.41) is 4.33. The maximum absolute atomic E-state index is 6.09. The van der Waals surface area contributed by atoms with E-state index in [0.29, 0.717) is 23.2 Å². The molecule has 0 saturated heterocycles. The van der Waals surface area contributed by atoms with Crippen molar-refractivity contribution < 1.29 is 9.47 Å². The number of nitrogens with two attached hydrogens (primary N) is 1. The maximum Gasteiger partial charge on any atom is 0.162 e. The van der Waals surface area contributed by atoms with Crippen LogP contribution in [0.5, 0.6) is 11.5 Å². The Bertz CT molecular complexity index is 454. The van der Waals surface area contributed by atoms with Gasteiger partial charge in [-0.1, -0.05) is 6.92 Å². The minimum absolute atomic E-state index is 0.499. The second-order valence-electron chi connectivity index (χ2n) is 5.03. The number of rotatable bonds is 6. The van der Waals surface area contributed by atoms with Crippen LogP contribution in [-0.4, -0.2) is 31.3 Å². The van der Waals surface area contributed by atoms with E-state index in [9.17, 15) is 0 Å². The van der Waals surface area contributed by atoms with Crippen LogP contribution in [0.25, 0.3) is 0 Å². The van der Waals surface area contributed by atoms with E-state index in [4.69, 9.17) is 15.2 Å². The van der Waals surface area contributed by atoms with Gasteiger partial charge in [-0.15, -0.1) is 0 Å². The molecule has 3 N–H and O–H groups in total. The molecular weight excluding hydrogens is 272 g/mol. The van der Waals surface area contributed by atoms with Gasteiger partial charge < -0.3 is 20.5 Å². The molecule has 1 fully saturated rings. The number of ether oxygens (including phenoxy) is 2. The molecular formula is C15H24N2O2S. The Kier molecular flexibility index (Phi) is 5.29. The van der Waals surface area contributed by atoms with Gasteiger partial charge in [0.1, 0.15) is 0 Å². The van der Waals surface area contributed by atoms with E-state index in [1.54, 1.807) is 14.2 Å². The van der Waals surface area contributed by atoms with Gasteiger partial charge in [-0.25, -0.2) is 0 Å². The van der Waals surface area contributed by atoms with Crippen molar-refractivity contribution in [3.63, 3.8) is 0 Å². The largest absolute Gasteiger partial charge is 0.493 e. The molecule has 0 amide bonds. The molecule has 1 aliphatic rings. The third-order valence-corrected chi connectivity index (χ3v) is 4.94. The van der Waals surface area contributed by atoms with Crippen molar-refractivity contribution in [2.24, 2.45) is 0 Å². The van der Waals surface area contributed by atoms with Crippen molar-refractivity contribution in [2.75, 3.05) is 31.0 Å². The Labute approximate surface area is 125 Å². The van der Waals surface area contributed by atoms with Crippen molar-refractivity contribution in [3.05, 3.63) is 12.1 Å². The molecule has 112 valence electrons. The van der Waals surface area contributed by atoms with Crippen LogP contribution in [0.1, 0.15) is 26.2 Å². The van der Waals surface area contributed by atoms with Gasteiger partial charge >= 0.3 is 0 Å². The number of nitrogen functional groups attached to an aromatic ring is 1. The van der Waals surface area contributed by atoms with Gasteiger partial charge in [0.25, 0.3) is 0 Å². The molecule has 5 heteroatoms. The molecule has 2 unspecified atom stereocenters. The van der Waals surface area contributed by atoms with Gasteiger partial charge in [0.15, 0.2) is 11.5 Å². The Hall–Kier alpha value is -1.23. The van der Waals surface area contributed by atoms with Crippen molar-refractivity contribution >= 4 is 23.1 Å². The van der Waals surface area contributed by atoms with Gasteiger partial charge in [0.05, 0.1) is 25.6 Å². The zero-order chi connectivity index (χ0) is 14.5. The van der Waals surface area contributed by atoms with Gasteiger partial charge in [-0.05, 0) is 25.0 Å². The highest BCUT2D eigenvalue weighted by molar-refractivity contribution is 7.99.